The predicted molar refractivity (Wildman–Crippen MR) is 73.2 cm³/mol. The smallest absolute Gasteiger partial charge is 0.0700 e. The van der Waals surface area contributed by atoms with Crippen molar-refractivity contribution in [3.63, 3.8) is 0 Å². The Morgan fingerprint density at radius 1 is 1.38 bits per heavy atom. The van der Waals surface area contributed by atoms with Crippen LogP contribution in [0.5, 0.6) is 0 Å². The molecule has 96 valence electrons. The van der Waals surface area contributed by atoms with Gasteiger partial charge in [0.1, 0.15) is 0 Å². The van der Waals surface area contributed by atoms with Crippen LogP contribution < -0.4 is 5.32 Å². The number of ether oxygens (including phenoxy) is 1. The number of thioether (sulfide) groups is 1. The Morgan fingerprint density at radius 2 is 2.19 bits per heavy atom. The lowest BCUT2D eigenvalue weighted by Crippen LogP contribution is -2.30. The fourth-order valence-electron chi connectivity index (χ4n) is 1.82. The molecule has 0 aromatic heterocycles. The largest absolute Gasteiger partial charge is 0.377 e. The summed E-state index contributed by atoms with van der Waals surface area (Å²) in [4.78, 5) is 0. The number of hydrogen-bond donors (Lipinski definition) is 1. The van der Waals surface area contributed by atoms with E-state index < -0.39 is 0 Å². The lowest BCUT2D eigenvalue weighted by atomic mass is 10.2. The zero-order chi connectivity index (χ0) is 11.8. The van der Waals surface area contributed by atoms with Gasteiger partial charge in [0.25, 0.3) is 0 Å². The molecular formula is C13H27NOS. The van der Waals surface area contributed by atoms with E-state index in [0.717, 1.165) is 30.9 Å². The summed E-state index contributed by atoms with van der Waals surface area (Å²) in [6.07, 6.45) is 4.29. The fraction of sp³-hybridized carbons (Fsp3) is 1.00. The van der Waals surface area contributed by atoms with Crippen molar-refractivity contribution in [3.8, 4) is 0 Å². The van der Waals surface area contributed by atoms with Crippen molar-refractivity contribution >= 4 is 11.8 Å². The summed E-state index contributed by atoms with van der Waals surface area (Å²) < 4.78 is 5.58. The minimum Gasteiger partial charge on any atom is -0.377 e. The van der Waals surface area contributed by atoms with E-state index in [-0.39, 0.29) is 0 Å². The van der Waals surface area contributed by atoms with E-state index in [4.69, 9.17) is 4.74 Å². The average Bonchev–Trinajstić information content (AvgIpc) is 2.70. The molecule has 2 nitrogen and oxygen atoms in total. The molecule has 1 aliphatic rings. The van der Waals surface area contributed by atoms with Gasteiger partial charge in [-0.2, -0.15) is 11.8 Å². The quantitative estimate of drug-likeness (QED) is 0.710. The van der Waals surface area contributed by atoms with Crippen LogP contribution >= 0.6 is 11.8 Å². The van der Waals surface area contributed by atoms with E-state index in [2.05, 4.69) is 37.8 Å². The highest BCUT2D eigenvalue weighted by Gasteiger charge is 2.14. The summed E-state index contributed by atoms with van der Waals surface area (Å²) in [5.74, 6) is 2.13. The Hall–Kier alpha value is 0.270. The fourth-order valence-corrected chi connectivity index (χ4v) is 3.06. The summed E-state index contributed by atoms with van der Waals surface area (Å²) >= 11 is 2.08. The van der Waals surface area contributed by atoms with Gasteiger partial charge >= 0.3 is 0 Å². The van der Waals surface area contributed by atoms with E-state index >= 15 is 0 Å². The van der Waals surface area contributed by atoms with Crippen molar-refractivity contribution in [2.24, 2.45) is 5.92 Å². The average molecular weight is 245 g/mol. The molecule has 1 saturated heterocycles. The summed E-state index contributed by atoms with van der Waals surface area (Å²) in [6.45, 7) is 10.0. The van der Waals surface area contributed by atoms with Crippen LogP contribution in [0.25, 0.3) is 0 Å². The number of hydrogen-bond acceptors (Lipinski definition) is 3. The van der Waals surface area contributed by atoms with E-state index in [1.165, 1.54) is 25.0 Å². The molecule has 1 N–H and O–H groups in total. The predicted octanol–water partition coefficient (Wildman–Crippen LogP) is 2.92. The Bertz CT molecular complexity index is 169. The van der Waals surface area contributed by atoms with Crippen LogP contribution in [0.4, 0.5) is 0 Å². The summed E-state index contributed by atoms with van der Waals surface area (Å²) in [5.41, 5.74) is 0. The van der Waals surface area contributed by atoms with Gasteiger partial charge in [-0.25, -0.2) is 0 Å². The third-order valence-corrected chi connectivity index (χ3v) is 4.13. The molecule has 1 fully saturated rings. The zero-order valence-electron chi connectivity index (χ0n) is 11.0. The van der Waals surface area contributed by atoms with Gasteiger partial charge in [-0.1, -0.05) is 20.8 Å². The van der Waals surface area contributed by atoms with Crippen LogP contribution in [0.15, 0.2) is 0 Å². The molecule has 0 radical (unpaired) electrons. The van der Waals surface area contributed by atoms with Crippen LogP contribution in [-0.4, -0.2) is 36.8 Å². The maximum absolute atomic E-state index is 5.58. The molecule has 2 atom stereocenters. The van der Waals surface area contributed by atoms with Crippen LogP contribution in [0.1, 0.15) is 40.0 Å². The molecule has 0 saturated carbocycles. The first-order chi connectivity index (χ1) is 7.68. The molecular weight excluding hydrogens is 218 g/mol. The van der Waals surface area contributed by atoms with Crippen molar-refractivity contribution < 1.29 is 4.74 Å². The standard InChI is InChI=1S/C13H27NOS/c1-11(2)6-8-16-12(3)9-14-10-13-5-4-7-15-13/h11-14H,4-10H2,1-3H3. The SMILES string of the molecule is CC(C)CCSC(C)CNCC1CCCO1. The molecule has 0 amide bonds. The molecule has 0 aromatic rings. The van der Waals surface area contributed by atoms with Gasteiger partial charge in [0.15, 0.2) is 0 Å². The lowest BCUT2D eigenvalue weighted by molar-refractivity contribution is 0.110. The van der Waals surface area contributed by atoms with Gasteiger partial charge in [-0.05, 0) is 30.9 Å². The molecule has 2 unspecified atom stereocenters. The maximum atomic E-state index is 5.58. The van der Waals surface area contributed by atoms with Crippen LogP contribution in [0.2, 0.25) is 0 Å². The van der Waals surface area contributed by atoms with Gasteiger partial charge < -0.3 is 10.1 Å². The Labute approximate surface area is 105 Å². The van der Waals surface area contributed by atoms with Gasteiger partial charge in [0, 0.05) is 24.9 Å². The van der Waals surface area contributed by atoms with E-state index in [1.807, 2.05) is 0 Å². The highest BCUT2D eigenvalue weighted by Crippen LogP contribution is 2.14. The highest BCUT2D eigenvalue weighted by molar-refractivity contribution is 7.99. The highest BCUT2D eigenvalue weighted by atomic mass is 32.2. The van der Waals surface area contributed by atoms with Gasteiger partial charge in [0.05, 0.1) is 6.10 Å². The molecule has 1 aliphatic heterocycles. The van der Waals surface area contributed by atoms with Crippen molar-refractivity contribution in [1.29, 1.82) is 0 Å². The third kappa shape index (κ3) is 6.77. The van der Waals surface area contributed by atoms with E-state index in [1.54, 1.807) is 0 Å². The van der Waals surface area contributed by atoms with Gasteiger partial charge in [-0.3, -0.25) is 0 Å². The van der Waals surface area contributed by atoms with Crippen molar-refractivity contribution in [2.45, 2.75) is 51.4 Å². The normalized spacial score (nSPS) is 22.9. The summed E-state index contributed by atoms with van der Waals surface area (Å²) in [6, 6.07) is 0. The van der Waals surface area contributed by atoms with Gasteiger partial charge in [0.2, 0.25) is 0 Å². The molecule has 0 aromatic carbocycles. The molecule has 1 rings (SSSR count). The second-order valence-electron chi connectivity index (χ2n) is 5.16. The maximum Gasteiger partial charge on any atom is 0.0700 e. The second-order valence-corrected chi connectivity index (χ2v) is 6.70. The molecule has 0 spiro atoms. The first-order valence-electron chi connectivity index (χ1n) is 6.62. The van der Waals surface area contributed by atoms with E-state index in [0.29, 0.717) is 6.10 Å². The zero-order valence-corrected chi connectivity index (χ0v) is 11.8. The van der Waals surface area contributed by atoms with Crippen molar-refractivity contribution in [3.05, 3.63) is 0 Å². The molecule has 1 heterocycles. The van der Waals surface area contributed by atoms with Crippen LogP contribution in [-0.2, 0) is 4.74 Å². The Balaban J connectivity index is 1.91. The summed E-state index contributed by atoms with van der Waals surface area (Å²) in [7, 11) is 0. The third-order valence-electron chi connectivity index (χ3n) is 2.93. The topological polar surface area (TPSA) is 21.3 Å². The first-order valence-corrected chi connectivity index (χ1v) is 7.67. The molecule has 3 heteroatoms. The molecule has 16 heavy (non-hydrogen) atoms. The lowest BCUT2D eigenvalue weighted by Gasteiger charge is -2.15. The van der Waals surface area contributed by atoms with Crippen molar-refractivity contribution in [2.75, 3.05) is 25.4 Å². The van der Waals surface area contributed by atoms with E-state index in [9.17, 15) is 0 Å². The molecule has 0 bridgehead atoms. The number of rotatable bonds is 8. The minimum absolute atomic E-state index is 0.480. The Kier molecular flexibility index (Phi) is 7.50. The summed E-state index contributed by atoms with van der Waals surface area (Å²) in [5, 5.41) is 4.24. The molecule has 0 aliphatic carbocycles. The van der Waals surface area contributed by atoms with Crippen LogP contribution in [0.3, 0.4) is 0 Å². The van der Waals surface area contributed by atoms with Gasteiger partial charge in [-0.15, -0.1) is 0 Å². The first kappa shape index (κ1) is 14.3. The van der Waals surface area contributed by atoms with Crippen molar-refractivity contribution in [1.82, 2.24) is 5.32 Å². The minimum atomic E-state index is 0.480. The monoisotopic (exact) mass is 245 g/mol. The number of nitrogens with one attached hydrogen (secondary N) is 1. The second kappa shape index (κ2) is 8.37. The Morgan fingerprint density at radius 3 is 2.81 bits per heavy atom. The van der Waals surface area contributed by atoms with Crippen LogP contribution in [0, 0.1) is 5.92 Å².